The number of hydrogen-bond donors (Lipinski definition) is 2. The number of primary amides is 1. The number of carbonyl (C=O) groups excluding carboxylic acids is 2. The van der Waals surface area contributed by atoms with Gasteiger partial charge in [-0.1, -0.05) is 22.0 Å². The number of hydrogen-bond acceptors (Lipinski definition) is 3. The molecular weight excluding hydrogens is 288 g/mol. The molecule has 17 heavy (non-hydrogen) atoms. The zero-order chi connectivity index (χ0) is 12.8. The van der Waals surface area contributed by atoms with Gasteiger partial charge in [-0.15, -0.1) is 0 Å². The number of rotatable bonds is 4. The number of nitrogens with two attached hydrogens (primary N) is 1. The first-order valence-electron chi connectivity index (χ1n) is 4.97. The Labute approximate surface area is 107 Å². The highest BCUT2D eigenvalue weighted by Gasteiger charge is 2.06. The topological polar surface area (TPSA) is 81.4 Å². The molecule has 0 fully saturated rings. The molecule has 1 rings (SSSR count). The maximum atomic E-state index is 11.6. The van der Waals surface area contributed by atoms with Gasteiger partial charge in [0.15, 0.2) is 0 Å². The average Bonchev–Trinajstić information content (AvgIpc) is 2.27. The molecule has 0 aromatic heterocycles. The molecule has 0 aliphatic carbocycles. The lowest BCUT2D eigenvalue weighted by molar-refractivity contribution is 0.0937. The van der Waals surface area contributed by atoms with Crippen molar-refractivity contribution in [1.29, 1.82) is 0 Å². The van der Waals surface area contributed by atoms with Gasteiger partial charge in [-0.25, -0.2) is 4.79 Å². The fourth-order valence-electron chi connectivity index (χ4n) is 1.15. The number of benzene rings is 1. The van der Waals surface area contributed by atoms with Crippen LogP contribution in [0.15, 0.2) is 22.7 Å². The Balaban J connectivity index is 2.47. The SMILES string of the molecule is Cc1ccc(C(=O)NCCOC(N)=O)cc1Br. The normalized spacial score (nSPS) is 9.76. The van der Waals surface area contributed by atoms with Gasteiger partial charge in [-0.05, 0) is 24.6 Å². The van der Waals surface area contributed by atoms with Crippen LogP contribution in [0.3, 0.4) is 0 Å². The average molecular weight is 301 g/mol. The molecule has 1 aromatic rings. The van der Waals surface area contributed by atoms with Crippen LogP contribution in [0.5, 0.6) is 0 Å². The second-order valence-corrected chi connectivity index (χ2v) is 4.24. The Hall–Kier alpha value is -1.56. The number of ether oxygens (including phenoxy) is 1. The van der Waals surface area contributed by atoms with E-state index in [1.807, 2.05) is 13.0 Å². The van der Waals surface area contributed by atoms with E-state index >= 15 is 0 Å². The summed E-state index contributed by atoms with van der Waals surface area (Å²) in [5.41, 5.74) is 6.37. The Bertz CT molecular complexity index is 435. The molecule has 2 amide bonds. The molecule has 0 spiro atoms. The Morgan fingerprint density at radius 1 is 1.47 bits per heavy atom. The van der Waals surface area contributed by atoms with Gasteiger partial charge in [0.1, 0.15) is 6.61 Å². The van der Waals surface area contributed by atoms with E-state index in [2.05, 4.69) is 26.0 Å². The van der Waals surface area contributed by atoms with E-state index in [9.17, 15) is 9.59 Å². The predicted molar refractivity (Wildman–Crippen MR) is 66.7 cm³/mol. The summed E-state index contributed by atoms with van der Waals surface area (Å²) in [6.07, 6.45) is -0.850. The minimum atomic E-state index is -0.850. The Kier molecular flexibility index (Phi) is 4.96. The molecule has 0 bridgehead atoms. The molecule has 0 atom stereocenters. The molecular formula is C11H13BrN2O3. The van der Waals surface area contributed by atoms with Gasteiger partial charge in [0, 0.05) is 10.0 Å². The van der Waals surface area contributed by atoms with Crippen LogP contribution >= 0.6 is 15.9 Å². The number of aryl methyl sites for hydroxylation is 1. The van der Waals surface area contributed by atoms with Crippen molar-refractivity contribution in [3.8, 4) is 0 Å². The molecule has 0 heterocycles. The standard InChI is InChI=1S/C11H13BrN2O3/c1-7-2-3-8(6-9(7)12)10(15)14-4-5-17-11(13)16/h2-3,6H,4-5H2,1H3,(H2,13,16)(H,14,15). The second-order valence-electron chi connectivity index (χ2n) is 3.39. The van der Waals surface area contributed by atoms with Crippen LogP contribution in [-0.2, 0) is 4.74 Å². The maximum Gasteiger partial charge on any atom is 0.404 e. The van der Waals surface area contributed by atoms with Crippen LogP contribution in [0.4, 0.5) is 4.79 Å². The third-order valence-electron chi connectivity index (χ3n) is 2.07. The smallest absolute Gasteiger partial charge is 0.404 e. The molecule has 92 valence electrons. The van der Waals surface area contributed by atoms with Crippen LogP contribution in [0.2, 0.25) is 0 Å². The lowest BCUT2D eigenvalue weighted by atomic mass is 10.1. The molecule has 6 heteroatoms. The molecule has 0 aliphatic rings. The lowest BCUT2D eigenvalue weighted by Crippen LogP contribution is -2.29. The van der Waals surface area contributed by atoms with Crippen molar-refractivity contribution in [2.75, 3.05) is 13.2 Å². The van der Waals surface area contributed by atoms with Crippen molar-refractivity contribution < 1.29 is 14.3 Å². The van der Waals surface area contributed by atoms with Crippen molar-refractivity contribution in [3.63, 3.8) is 0 Å². The van der Waals surface area contributed by atoms with Gasteiger partial charge >= 0.3 is 6.09 Å². The zero-order valence-electron chi connectivity index (χ0n) is 9.33. The van der Waals surface area contributed by atoms with Gasteiger partial charge in [-0.3, -0.25) is 4.79 Å². The quantitative estimate of drug-likeness (QED) is 0.828. The van der Waals surface area contributed by atoms with Crippen LogP contribution in [0, 0.1) is 6.92 Å². The van der Waals surface area contributed by atoms with E-state index in [4.69, 9.17) is 5.73 Å². The van der Waals surface area contributed by atoms with E-state index in [1.54, 1.807) is 12.1 Å². The minimum absolute atomic E-state index is 0.0636. The van der Waals surface area contributed by atoms with E-state index in [-0.39, 0.29) is 19.1 Å². The van der Waals surface area contributed by atoms with E-state index < -0.39 is 6.09 Å². The van der Waals surface area contributed by atoms with Crippen molar-refractivity contribution >= 4 is 27.9 Å². The van der Waals surface area contributed by atoms with E-state index in [1.165, 1.54) is 0 Å². The summed E-state index contributed by atoms with van der Waals surface area (Å²) < 4.78 is 5.36. The highest BCUT2D eigenvalue weighted by Crippen LogP contribution is 2.17. The summed E-state index contributed by atoms with van der Waals surface area (Å²) in [4.78, 5) is 21.9. The second kappa shape index (κ2) is 6.24. The first-order chi connectivity index (χ1) is 8.00. The van der Waals surface area contributed by atoms with Gasteiger partial charge in [-0.2, -0.15) is 0 Å². The largest absolute Gasteiger partial charge is 0.448 e. The summed E-state index contributed by atoms with van der Waals surface area (Å²) in [5.74, 6) is -0.223. The summed E-state index contributed by atoms with van der Waals surface area (Å²) >= 11 is 3.35. The van der Waals surface area contributed by atoms with Crippen LogP contribution in [0.25, 0.3) is 0 Å². The molecule has 0 aliphatic heterocycles. The first-order valence-corrected chi connectivity index (χ1v) is 5.76. The summed E-state index contributed by atoms with van der Waals surface area (Å²) in [5, 5.41) is 2.61. The number of halogens is 1. The van der Waals surface area contributed by atoms with Crippen LogP contribution < -0.4 is 11.1 Å². The Morgan fingerprint density at radius 2 is 2.18 bits per heavy atom. The molecule has 3 N–H and O–H groups in total. The third kappa shape index (κ3) is 4.44. The van der Waals surface area contributed by atoms with Gasteiger partial charge in [0.05, 0.1) is 6.54 Å². The highest BCUT2D eigenvalue weighted by atomic mass is 79.9. The summed E-state index contributed by atoms with van der Waals surface area (Å²) in [6, 6.07) is 5.31. The maximum absolute atomic E-state index is 11.6. The molecule has 1 aromatic carbocycles. The van der Waals surface area contributed by atoms with E-state index in [0.717, 1.165) is 10.0 Å². The molecule has 0 saturated heterocycles. The number of nitrogens with one attached hydrogen (secondary N) is 1. The monoisotopic (exact) mass is 300 g/mol. The highest BCUT2D eigenvalue weighted by molar-refractivity contribution is 9.10. The fourth-order valence-corrected chi connectivity index (χ4v) is 1.53. The Morgan fingerprint density at radius 3 is 2.76 bits per heavy atom. The van der Waals surface area contributed by atoms with Gasteiger partial charge < -0.3 is 15.8 Å². The fraction of sp³-hybridized carbons (Fsp3) is 0.273. The van der Waals surface area contributed by atoms with Crippen LogP contribution in [0.1, 0.15) is 15.9 Å². The number of carbonyl (C=O) groups is 2. The zero-order valence-corrected chi connectivity index (χ0v) is 10.9. The van der Waals surface area contributed by atoms with Crippen molar-refractivity contribution in [2.24, 2.45) is 5.73 Å². The molecule has 0 unspecified atom stereocenters. The van der Waals surface area contributed by atoms with Crippen molar-refractivity contribution in [1.82, 2.24) is 5.32 Å². The van der Waals surface area contributed by atoms with Crippen LogP contribution in [-0.4, -0.2) is 25.2 Å². The molecule has 0 radical (unpaired) electrons. The third-order valence-corrected chi connectivity index (χ3v) is 2.92. The van der Waals surface area contributed by atoms with Gasteiger partial charge in [0.25, 0.3) is 5.91 Å². The summed E-state index contributed by atoms with van der Waals surface area (Å²) in [6.45, 7) is 2.23. The predicted octanol–water partition coefficient (Wildman–Crippen LogP) is 1.58. The summed E-state index contributed by atoms with van der Waals surface area (Å²) in [7, 11) is 0. The van der Waals surface area contributed by atoms with Crippen molar-refractivity contribution in [2.45, 2.75) is 6.92 Å². The first kappa shape index (κ1) is 13.5. The molecule has 5 nitrogen and oxygen atoms in total. The molecule has 0 saturated carbocycles. The minimum Gasteiger partial charge on any atom is -0.448 e. The van der Waals surface area contributed by atoms with E-state index in [0.29, 0.717) is 5.56 Å². The lowest BCUT2D eigenvalue weighted by Gasteiger charge is -2.06. The van der Waals surface area contributed by atoms with Gasteiger partial charge in [0.2, 0.25) is 0 Å². The number of amides is 2. The van der Waals surface area contributed by atoms with Crippen molar-refractivity contribution in [3.05, 3.63) is 33.8 Å².